The number of hydrogen-bond acceptors (Lipinski definition) is 11. The highest BCUT2D eigenvalue weighted by Gasteiger charge is 2.33. The van der Waals surface area contributed by atoms with Crippen molar-refractivity contribution in [1.29, 1.82) is 5.26 Å². The van der Waals surface area contributed by atoms with Gasteiger partial charge in [-0.05, 0) is 48.9 Å². The number of nitrogens with one attached hydrogen (secondary N) is 2. The number of aromatic nitrogens is 3. The number of carbonyl (C=O) groups is 6. The molecule has 2 N–H and O–H groups in total. The Labute approximate surface area is 319 Å². The average Bonchev–Trinajstić information content (AvgIpc) is 3.86. The van der Waals surface area contributed by atoms with Crippen LogP contribution in [-0.4, -0.2) is 143 Å². The number of piperidine rings is 1. The van der Waals surface area contributed by atoms with Crippen molar-refractivity contribution in [2.45, 2.75) is 51.3 Å². The standard InChI is InChI=1S/C37H47N11O7/c1-25-12-16-46(32(51)11-14-38)21-30(25)45(4)33-28-13-17-48(34(28)41-23-40-33)36(53)43(2)18-19-44(3)37(54)55-22-26-7-9-27(10-8-26)42-31(50)20-39-35(52)29-6-5-15-47(29)24-49/h7-10,13,17,23-25,29-30H,5-6,11-12,15-16,18-22H2,1-4H3,(H,39,52)(H,42,50). The maximum absolute atomic E-state index is 13.5. The predicted octanol–water partition coefficient (Wildman–Crippen LogP) is 1.86. The SMILES string of the molecule is CC1CCN(C(=O)CC#N)CC1N(C)c1ncnc2c1ccn2C(=O)N(C)CCN(C)C(=O)OCc1ccc(NC(=O)CNC(=O)C2CCCN2C=O)cc1. The number of hydrogen-bond donors (Lipinski definition) is 2. The van der Waals surface area contributed by atoms with Crippen molar-refractivity contribution < 1.29 is 33.5 Å². The number of nitrogens with zero attached hydrogens (tertiary/aromatic N) is 9. The van der Waals surface area contributed by atoms with Gasteiger partial charge in [0.1, 0.15) is 31.2 Å². The zero-order valence-corrected chi connectivity index (χ0v) is 31.5. The van der Waals surface area contributed by atoms with Crippen LogP contribution in [0.15, 0.2) is 42.9 Å². The third kappa shape index (κ3) is 9.65. The minimum absolute atomic E-state index is 0.0173. The smallest absolute Gasteiger partial charge is 0.409 e. The van der Waals surface area contributed by atoms with E-state index in [0.29, 0.717) is 60.6 Å². The van der Waals surface area contributed by atoms with Gasteiger partial charge >= 0.3 is 12.1 Å². The molecule has 2 saturated heterocycles. The van der Waals surface area contributed by atoms with Gasteiger partial charge in [-0.2, -0.15) is 5.26 Å². The van der Waals surface area contributed by atoms with Gasteiger partial charge in [0.15, 0.2) is 5.65 Å². The van der Waals surface area contributed by atoms with Crippen LogP contribution >= 0.6 is 0 Å². The quantitative estimate of drug-likeness (QED) is 0.241. The molecule has 3 unspecified atom stereocenters. The number of likely N-dealkylation sites (N-methyl/N-ethyl adjacent to an activating group) is 3. The minimum Gasteiger partial charge on any atom is -0.445 e. The molecule has 2 aliphatic heterocycles. The van der Waals surface area contributed by atoms with Crippen LogP contribution in [0.4, 0.5) is 21.1 Å². The predicted molar refractivity (Wildman–Crippen MR) is 200 cm³/mol. The van der Waals surface area contributed by atoms with Gasteiger partial charge in [-0.25, -0.2) is 19.6 Å². The Kier molecular flexibility index (Phi) is 13.2. The van der Waals surface area contributed by atoms with Gasteiger partial charge in [-0.1, -0.05) is 19.1 Å². The van der Waals surface area contributed by atoms with Gasteiger partial charge < -0.3 is 39.9 Å². The summed E-state index contributed by atoms with van der Waals surface area (Å²) in [6.45, 7) is 3.85. The molecule has 0 saturated carbocycles. The van der Waals surface area contributed by atoms with Crippen LogP contribution in [0.1, 0.15) is 38.2 Å². The monoisotopic (exact) mass is 757 g/mol. The molecule has 55 heavy (non-hydrogen) atoms. The Balaban J connectivity index is 1.08. The van der Waals surface area contributed by atoms with Crippen LogP contribution in [0.3, 0.4) is 0 Å². The number of likely N-dealkylation sites (tertiary alicyclic amines) is 2. The lowest BCUT2D eigenvalue weighted by Crippen LogP contribution is -2.52. The van der Waals surface area contributed by atoms with Crippen molar-refractivity contribution in [3.63, 3.8) is 0 Å². The van der Waals surface area contributed by atoms with E-state index in [4.69, 9.17) is 10.00 Å². The number of amides is 6. The van der Waals surface area contributed by atoms with Gasteiger partial charge in [0, 0.05) is 65.8 Å². The fourth-order valence-corrected chi connectivity index (χ4v) is 6.79. The second kappa shape index (κ2) is 18.2. The molecule has 0 aliphatic carbocycles. The Hall–Kier alpha value is -6.25. The van der Waals surface area contributed by atoms with E-state index < -0.39 is 18.0 Å². The van der Waals surface area contributed by atoms with Crippen molar-refractivity contribution >= 4 is 58.8 Å². The second-order valence-electron chi connectivity index (χ2n) is 13.9. The largest absolute Gasteiger partial charge is 0.445 e. The number of carbonyl (C=O) groups excluding carboxylic acids is 6. The molecular formula is C37H47N11O7. The van der Waals surface area contributed by atoms with Crippen LogP contribution in [0, 0.1) is 17.2 Å². The summed E-state index contributed by atoms with van der Waals surface area (Å²) < 4.78 is 6.88. The van der Waals surface area contributed by atoms with E-state index in [1.165, 1.54) is 25.6 Å². The van der Waals surface area contributed by atoms with E-state index in [2.05, 4.69) is 27.5 Å². The number of benzene rings is 1. The van der Waals surface area contributed by atoms with Gasteiger partial charge in [-0.3, -0.25) is 23.7 Å². The van der Waals surface area contributed by atoms with Crippen LogP contribution in [0.25, 0.3) is 11.0 Å². The number of anilines is 2. The van der Waals surface area contributed by atoms with Gasteiger partial charge in [0.05, 0.1) is 24.0 Å². The highest BCUT2D eigenvalue weighted by Crippen LogP contribution is 2.30. The van der Waals surface area contributed by atoms with E-state index in [9.17, 15) is 28.8 Å². The molecule has 292 valence electrons. The summed E-state index contributed by atoms with van der Waals surface area (Å²) in [5, 5.41) is 14.9. The molecule has 2 fully saturated rings. The fourth-order valence-electron chi connectivity index (χ4n) is 6.79. The lowest BCUT2D eigenvalue weighted by molar-refractivity contribution is -0.131. The number of nitriles is 1. The number of rotatable bonds is 13. The summed E-state index contributed by atoms with van der Waals surface area (Å²) in [5.74, 6) is -0.0940. The molecule has 3 aromatic rings. The van der Waals surface area contributed by atoms with Crippen molar-refractivity contribution in [2.24, 2.45) is 5.92 Å². The first-order valence-electron chi connectivity index (χ1n) is 18.1. The molecule has 0 radical (unpaired) electrons. The van der Waals surface area contributed by atoms with Gasteiger partial charge in [0.25, 0.3) is 0 Å². The van der Waals surface area contributed by atoms with E-state index >= 15 is 0 Å². The van der Waals surface area contributed by atoms with E-state index in [1.807, 2.05) is 18.0 Å². The molecule has 0 spiro atoms. The van der Waals surface area contributed by atoms with Crippen molar-refractivity contribution in [2.75, 3.05) is 70.6 Å². The molecule has 0 bridgehead atoms. The lowest BCUT2D eigenvalue weighted by atomic mass is 9.92. The van der Waals surface area contributed by atoms with Crippen LogP contribution in [0.5, 0.6) is 0 Å². The molecule has 18 heteroatoms. The Morgan fingerprint density at radius 2 is 1.76 bits per heavy atom. The molecule has 1 aromatic carbocycles. The van der Waals surface area contributed by atoms with Crippen LogP contribution in [0.2, 0.25) is 0 Å². The average molecular weight is 758 g/mol. The maximum atomic E-state index is 13.5. The number of ether oxygens (including phenoxy) is 1. The topological polar surface area (TPSA) is 206 Å². The molecule has 5 rings (SSSR count). The van der Waals surface area contributed by atoms with Crippen LogP contribution < -0.4 is 15.5 Å². The first kappa shape index (κ1) is 39.9. The van der Waals surface area contributed by atoms with Gasteiger partial charge in [0.2, 0.25) is 24.1 Å². The summed E-state index contributed by atoms with van der Waals surface area (Å²) in [4.78, 5) is 91.4. The third-order valence-electron chi connectivity index (χ3n) is 10.2. The highest BCUT2D eigenvalue weighted by atomic mass is 16.6. The molecule has 2 aliphatic rings. The maximum Gasteiger partial charge on any atom is 0.409 e. The summed E-state index contributed by atoms with van der Waals surface area (Å²) in [6.07, 6.45) is 5.03. The van der Waals surface area contributed by atoms with E-state index in [1.54, 1.807) is 55.5 Å². The Morgan fingerprint density at radius 1 is 1.02 bits per heavy atom. The molecule has 3 atom stereocenters. The molecule has 18 nitrogen and oxygen atoms in total. The lowest BCUT2D eigenvalue weighted by Gasteiger charge is -2.42. The van der Waals surface area contributed by atoms with Crippen molar-refractivity contribution in [1.82, 2.24) is 39.5 Å². The van der Waals surface area contributed by atoms with Crippen molar-refractivity contribution in [3.05, 3.63) is 48.4 Å². The Bertz CT molecular complexity index is 1930. The van der Waals surface area contributed by atoms with Crippen molar-refractivity contribution in [3.8, 4) is 6.07 Å². The molecular weight excluding hydrogens is 710 g/mol. The summed E-state index contributed by atoms with van der Waals surface area (Å²) >= 11 is 0. The normalized spacial score (nSPS) is 17.9. The van der Waals surface area contributed by atoms with Crippen LogP contribution in [-0.2, 0) is 30.5 Å². The molecule has 2 aromatic heterocycles. The zero-order valence-electron chi connectivity index (χ0n) is 31.5. The minimum atomic E-state index is -0.582. The summed E-state index contributed by atoms with van der Waals surface area (Å²) in [7, 11) is 5.11. The molecule has 4 heterocycles. The zero-order chi connectivity index (χ0) is 39.6. The second-order valence-corrected chi connectivity index (χ2v) is 13.9. The summed E-state index contributed by atoms with van der Waals surface area (Å²) in [6, 6.07) is 9.46. The highest BCUT2D eigenvalue weighted by molar-refractivity contribution is 5.96. The van der Waals surface area contributed by atoms with E-state index in [0.717, 1.165) is 12.8 Å². The van der Waals surface area contributed by atoms with E-state index in [-0.39, 0.29) is 62.5 Å². The van der Waals surface area contributed by atoms with Gasteiger partial charge in [-0.15, -0.1) is 0 Å². The first-order valence-corrected chi connectivity index (χ1v) is 18.1. The number of fused-ring (bicyclic) bond motifs is 1. The first-order chi connectivity index (χ1) is 26.4. The summed E-state index contributed by atoms with van der Waals surface area (Å²) in [5.41, 5.74) is 1.60. The fraction of sp³-hybridized carbons (Fsp3) is 0.486. The third-order valence-corrected chi connectivity index (χ3v) is 10.2. The Morgan fingerprint density at radius 3 is 2.49 bits per heavy atom. The molecule has 6 amide bonds.